The van der Waals surface area contributed by atoms with Crippen LogP contribution in [0.3, 0.4) is 0 Å². The molecule has 0 bridgehead atoms. The predicted molar refractivity (Wildman–Crippen MR) is 106 cm³/mol. The maximum Gasteiger partial charge on any atom is 0.273 e. The van der Waals surface area contributed by atoms with Gasteiger partial charge in [0.2, 0.25) is 0 Å². The molecule has 1 aliphatic heterocycles. The van der Waals surface area contributed by atoms with Gasteiger partial charge in [0.1, 0.15) is 0 Å². The molecule has 146 valence electrons. The predicted octanol–water partition coefficient (Wildman–Crippen LogP) is 3.86. The van der Waals surface area contributed by atoms with Crippen molar-refractivity contribution in [1.82, 2.24) is 0 Å². The minimum Gasteiger partial charge on any atom is -0.493 e. The van der Waals surface area contributed by atoms with Crippen LogP contribution >= 0.6 is 0 Å². The first-order valence-corrected chi connectivity index (χ1v) is 8.79. The number of hydrogen-bond acceptors (Lipinski definition) is 6. The van der Waals surface area contributed by atoms with Gasteiger partial charge in [-0.3, -0.25) is 14.9 Å². The highest BCUT2D eigenvalue weighted by molar-refractivity contribution is 5.93. The zero-order chi connectivity index (χ0) is 20.5. The van der Waals surface area contributed by atoms with Gasteiger partial charge in [0.15, 0.2) is 23.9 Å². The standard InChI is InChI=1S/C21H22N2O5/c1-21(2)16-7-5-6-8-17(16)22(3)20(21)12-15(24)13-28-18-10-9-14(23(25)26)11-19(18)27-4/h5-12H,13H2,1-4H3. The smallest absolute Gasteiger partial charge is 0.273 e. The summed E-state index contributed by atoms with van der Waals surface area (Å²) in [7, 11) is 3.33. The van der Waals surface area contributed by atoms with E-state index in [1.165, 1.54) is 25.3 Å². The number of likely N-dealkylation sites (N-methyl/N-ethyl adjacent to an activating group) is 1. The Bertz CT molecular complexity index is 965. The Labute approximate surface area is 163 Å². The molecule has 0 radical (unpaired) electrons. The number of anilines is 1. The van der Waals surface area contributed by atoms with Gasteiger partial charge in [-0.2, -0.15) is 0 Å². The van der Waals surface area contributed by atoms with Crippen LogP contribution in [0.4, 0.5) is 11.4 Å². The van der Waals surface area contributed by atoms with Crippen molar-refractivity contribution >= 4 is 17.2 Å². The lowest BCUT2D eigenvalue weighted by molar-refractivity contribution is -0.384. The molecule has 28 heavy (non-hydrogen) atoms. The van der Waals surface area contributed by atoms with Crippen LogP contribution in [0.2, 0.25) is 0 Å². The number of ketones is 1. The third kappa shape index (κ3) is 3.43. The summed E-state index contributed by atoms with van der Waals surface area (Å²) in [6.07, 6.45) is 1.60. The van der Waals surface area contributed by atoms with Gasteiger partial charge in [-0.25, -0.2) is 0 Å². The Balaban J connectivity index is 1.77. The largest absolute Gasteiger partial charge is 0.493 e. The van der Waals surface area contributed by atoms with Crippen molar-refractivity contribution < 1.29 is 19.2 Å². The van der Waals surface area contributed by atoms with Crippen molar-refractivity contribution in [3.63, 3.8) is 0 Å². The average Bonchev–Trinajstić information content (AvgIpc) is 2.87. The molecule has 0 fully saturated rings. The SMILES string of the molecule is COc1cc([N+](=O)[O-])ccc1OCC(=O)C=C1N(C)c2ccccc2C1(C)C. The van der Waals surface area contributed by atoms with E-state index in [0.29, 0.717) is 0 Å². The van der Waals surface area contributed by atoms with Crippen LogP contribution in [0, 0.1) is 10.1 Å². The first kappa shape index (κ1) is 19.4. The number of fused-ring (bicyclic) bond motifs is 1. The highest BCUT2D eigenvalue weighted by atomic mass is 16.6. The first-order valence-electron chi connectivity index (χ1n) is 8.79. The Morgan fingerprint density at radius 3 is 2.57 bits per heavy atom. The molecule has 0 spiro atoms. The number of non-ortho nitro benzene ring substituents is 1. The van der Waals surface area contributed by atoms with Crippen LogP contribution in [-0.4, -0.2) is 31.5 Å². The number of carbonyl (C=O) groups is 1. The van der Waals surface area contributed by atoms with Gasteiger partial charge in [0.05, 0.1) is 18.1 Å². The molecule has 0 saturated heterocycles. The molecule has 7 heteroatoms. The lowest BCUT2D eigenvalue weighted by atomic mass is 9.83. The molecule has 2 aromatic carbocycles. The van der Waals surface area contributed by atoms with Crippen molar-refractivity contribution in [3.8, 4) is 11.5 Å². The second kappa shape index (κ2) is 7.34. The van der Waals surface area contributed by atoms with E-state index in [9.17, 15) is 14.9 Å². The van der Waals surface area contributed by atoms with Gasteiger partial charge in [0.25, 0.3) is 5.69 Å². The summed E-state index contributed by atoms with van der Waals surface area (Å²) in [5.74, 6) is 0.283. The minimum absolute atomic E-state index is 0.107. The summed E-state index contributed by atoms with van der Waals surface area (Å²) in [6, 6.07) is 12.1. The number of carbonyl (C=O) groups excluding carboxylic acids is 1. The summed E-state index contributed by atoms with van der Waals surface area (Å²) in [5.41, 5.74) is 2.72. The molecule has 0 saturated carbocycles. The molecule has 0 aromatic heterocycles. The topological polar surface area (TPSA) is 81.9 Å². The molecular formula is C21H22N2O5. The lowest BCUT2D eigenvalue weighted by Gasteiger charge is -2.24. The van der Waals surface area contributed by atoms with E-state index in [1.807, 2.05) is 30.1 Å². The molecule has 2 aromatic rings. The Kier molecular flexibility index (Phi) is 5.09. The Morgan fingerprint density at radius 2 is 1.93 bits per heavy atom. The quantitative estimate of drug-likeness (QED) is 0.429. The number of nitrogens with zero attached hydrogens (tertiary/aromatic N) is 2. The molecule has 1 aliphatic rings. The van der Waals surface area contributed by atoms with Crippen LogP contribution in [0.25, 0.3) is 0 Å². The molecule has 7 nitrogen and oxygen atoms in total. The Hall–Kier alpha value is -3.35. The number of rotatable bonds is 6. The summed E-state index contributed by atoms with van der Waals surface area (Å²) in [6.45, 7) is 3.96. The number of allylic oxidation sites excluding steroid dienone is 1. The number of ether oxygens (including phenoxy) is 2. The van der Waals surface area contributed by atoms with E-state index in [2.05, 4.69) is 19.9 Å². The molecule has 0 unspecified atom stereocenters. The molecule has 0 atom stereocenters. The van der Waals surface area contributed by atoms with Gasteiger partial charge < -0.3 is 14.4 Å². The van der Waals surface area contributed by atoms with Gasteiger partial charge in [0, 0.05) is 36.0 Å². The van der Waals surface area contributed by atoms with Crippen molar-refractivity contribution in [3.05, 3.63) is 69.9 Å². The highest BCUT2D eigenvalue weighted by Gasteiger charge is 2.38. The van der Waals surface area contributed by atoms with E-state index in [4.69, 9.17) is 9.47 Å². The highest BCUT2D eigenvalue weighted by Crippen LogP contribution is 2.46. The minimum atomic E-state index is -0.516. The van der Waals surface area contributed by atoms with Crippen LogP contribution < -0.4 is 14.4 Å². The van der Waals surface area contributed by atoms with E-state index >= 15 is 0 Å². The fraction of sp³-hybridized carbons (Fsp3) is 0.286. The van der Waals surface area contributed by atoms with Crippen molar-refractivity contribution in [2.75, 3.05) is 25.7 Å². The average molecular weight is 382 g/mol. The third-order valence-corrected chi connectivity index (χ3v) is 4.97. The van der Waals surface area contributed by atoms with E-state index in [1.54, 1.807) is 6.08 Å². The molecular weight excluding hydrogens is 360 g/mol. The van der Waals surface area contributed by atoms with Crippen LogP contribution in [-0.2, 0) is 10.2 Å². The first-order chi connectivity index (χ1) is 13.3. The lowest BCUT2D eigenvalue weighted by Crippen LogP contribution is -2.25. The third-order valence-electron chi connectivity index (χ3n) is 4.97. The van der Waals surface area contributed by atoms with Gasteiger partial charge in [-0.15, -0.1) is 0 Å². The molecule has 0 amide bonds. The van der Waals surface area contributed by atoms with Gasteiger partial charge in [-0.05, 0) is 17.7 Å². The van der Waals surface area contributed by atoms with Crippen molar-refractivity contribution in [2.45, 2.75) is 19.3 Å². The van der Waals surface area contributed by atoms with E-state index in [0.717, 1.165) is 16.9 Å². The van der Waals surface area contributed by atoms with Crippen molar-refractivity contribution in [2.24, 2.45) is 0 Å². The van der Waals surface area contributed by atoms with Gasteiger partial charge in [-0.1, -0.05) is 32.0 Å². The molecule has 1 heterocycles. The van der Waals surface area contributed by atoms with Gasteiger partial charge >= 0.3 is 0 Å². The molecule has 0 aliphatic carbocycles. The Morgan fingerprint density at radius 1 is 1.21 bits per heavy atom. The van der Waals surface area contributed by atoms with Crippen LogP contribution in [0.5, 0.6) is 11.5 Å². The number of hydrogen-bond donors (Lipinski definition) is 0. The summed E-state index contributed by atoms with van der Waals surface area (Å²) in [5, 5.41) is 10.9. The second-order valence-corrected chi connectivity index (χ2v) is 7.08. The van der Waals surface area contributed by atoms with E-state index in [-0.39, 0.29) is 35.0 Å². The van der Waals surface area contributed by atoms with Crippen LogP contribution in [0.1, 0.15) is 19.4 Å². The summed E-state index contributed by atoms with van der Waals surface area (Å²) < 4.78 is 10.7. The fourth-order valence-corrected chi connectivity index (χ4v) is 3.49. The number of benzene rings is 2. The number of nitro benzene ring substituents is 1. The molecule has 0 N–H and O–H groups in total. The summed E-state index contributed by atoms with van der Waals surface area (Å²) in [4.78, 5) is 24.9. The maximum absolute atomic E-state index is 12.6. The summed E-state index contributed by atoms with van der Waals surface area (Å²) >= 11 is 0. The number of nitro groups is 1. The number of para-hydroxylation sites is 1. The fourth-order valence-electron chi connectivity index (χ4n) is 3.49. The van der Waals surface area contributed by atoms with Crippen LogP contribution in [0.15, 0.2) is 54.2 Å². The molecule has 3 rings (SSSR count). The zero-order valence-corrected chi connectivity index (χ0v) is 16.3. The second-order valence-electron chi connectivity index (χ2n) is 7.08. The zero-order valence-electron chi connectivity index (χ0n) is 16.3. The monoisotopic (exact) mass is 382 g/mol. The number of methoxy groups -OCH3 is 1. The van der Waals surface area contributed by atoms with E-state index < -0.39 is 4.92 Å². The van der Waals surface area contributed by atoms with Crippen molar-refractivity contribution in [1.29, 1.82) is 0 Å². The maximum atomic E-state index is 12.6. The normalized spacial score (nSPS) is 16.0.